The summed E-state index contributed by atoms with van der Waals surface area (Å²) in [4.78, 5) is 20.9. The third-order valence-corrected chi connectivity index (χ3v) is 5.35. The molecule has 2 amide bonds. The van der Waals surface area contributed by atoms with Crippen molar-refractivity contribution in [2.24, 2.45) is 0 Å². The second-order valence-electron chi connectivity index (χ2n) is 6.41. The molecule has 0 radical (unpaired) electrons. The van der Waals surface area contributed by atoms with Crippen molar-refractivity contribution in [1.82, 2.24) is 15.2 Å². The van der Waals surface area contributed by atoms with Crippen LogP contribution in [0.4, 0.5) is 10.6 Å². The molecule has 7 heteroatoms. The molecular weight excluding hydrogens is 416 g/mol. The SMILES string of the molecule is CC1CN(c2ncccc2Cl)CCN1C(=O)NCCc1ccc(Br)cc1. The number of halogens is 2. The van der Waals surface area contributed by atoms with Crippen molar-refractivity contribution < 1.29 is 4.79 Å². The van der Waals surface area contributed by atoms with E-state index in [0.29, 0.717) is 18.1 Å². The molecule has 0 aliphatic carbocycles. The predicted octanol–water partition coefficient (Wildman–Crippen LogP) is 3.96. The van der Waals surface area contributed by atoms with E-state index in [9.17, 15) is 4.79 Å². The maximum atomic E-state index is 12.5. The number of amides is 2. The fraction of sp³-hybridized carbons (Fsp3) is 0.368. The number of pyridine rings is 1. The van der Waals surface area contributed by atoms with Crippen LogP contribution in [-0.4, -0.2) is 48.1 Å². The maximum Gasteiger partial charge on any atom is 0.317 e. The first-order valence-corrected chi connectivity index (χ1v) is 9.86. The Bertz CT molecular complexity index is 755. The first kappa shape index (κ1) is 19.0. The van der Waals surface area contributed by atoms with Gasteiger partial charge in [-0.3, -0.25) is 0 Å². The number of anilines is 1. The Morgan fingerprint density at radius 2 is 2.08 bits per heavy atom. The molecule has 1 aromatic carbocycles. The highest BCUT2D eigenvalue weighted by Crippen LogP contribution is 2.24. The van der Waals surface area contributed by atoms with E-state index < -0.39 is 0 Å². The van der Waals surface area contributed by atoms with Gasteiger partial charge in [0.1, 0.15) is 5.82 Å². The zero-order valence-corrected chi connectivity index (χ0v) is 17.0. The molecule has 1 fully saturated rings. The largest absolute Gasteiger partial charge is 0.352 e. The van der Waals surface area contributed by atoms with E-state index in [1.165, 1.54) is 5.56 Å². The van der Waals surface area contributed by atoms with E-state index in [1.807, 2.05) is 29.2 Å². The quantitative estimate of drug-likeness (QED) is 0.787. The van der Waals surface area contributed by atoms with Crippen LogP contribution in [0.5, 0.6) is 0 Å². The van der Waals surface area contributed by atoms with Gasteiger partial charge in [-0.05, 0) is 43.2 Å². The average Bonchev–Trinajstić information content (AvgIpc) is 2.63. The van der Waals surface area contributed by atoms with Gasteiger partial charge in [-0.2, -0.15) is 0 Å². The summed E-state index contributed by atoms with van der Waals surface area (Å²) < 4.78 is 1.06. The van der Waals surface area contributed by atoms with E-state index in [0.717, 1.165) is 29.8 Å². The summed E-state index contributed by atoms with van der Waals surface area (Å²) in [6.45, 7) is 4.77. The Labute approximate surface area is 167 Å². The van der Waals surface area contributed by atoms with Crippen molar-refractivity contribution in [3.05, 3.63) is 57.7 Å². The smallest absolute Gasteiger partial charge is 0.317 e. The lowest BCUT2D eigenvalue weighted by atomic mass is 10.1. The molecule has 5 nitrogen and oxygen atoms in total. The number of carbonyl (C=O) groups is 1. The van der Waals surface area contributed by atoms with Gasteiger partial charge in [-0.25, -0.2) is 9.78 Å². The number of nitrogens with zero attached hydrogens (tertiary/aromatic N) is 3. The van der Waals surface area contributed by atoms with Crippen LogP contribution in [-0.2, 0) is 6.42 Å². The van der Waals surface area contributed by atoms with Gasteiger partial charge >= 0.3 is 6.03 Å². The van der Waals surface area contributed by atoms with Crippen LogP contribution in [0.25, 0.3) is 0 Å². The fourth-order valence-electron chi connectivity index (χ4n) is 3.13. The Balaban J connectivity index is 1.50. The van der Waals surface area contributed by atoms with Gasteiger partial charge in [0.2, 0.25) is 0 Å². The molecule has 26 heavy (non-hydrogen) atoms. The summed E-state index contributed by atoms with van der Waals surface area (Å²) in [6.07, 6.45) is 2.56. The van der Waals surface area contributed by atoms with Gasteiger partial charge in [0.25, 0.3) is 0 Å². The monoisotopic (exact) mass is 436 g/mol. The third-order valence-electron chi connectivity index (χ3n) is 4.53. The summed E-state index contributed by atoms with van der Waals surface area (Å²) in [7, 11) is 0. The Kier molecular flexibility index (Phi) is 6.38. The number of aromatic nitrogens is 1. The lowest BCUT2D eigenvalue weighted by Gasteiger charge is -2.40. The topological polar surface area (TPSA) is 48.5 Å². The summed E-state index contributed by atoms with van der Waals surface area (Å²) in [5.74, 6) is 0.788. The van der Waals surface area contributed by atoms with Crippen LogP contribution in [0.15, 0.2) is 47.1 Å². The Hall–Kier alpha value is -1.79. The fourth-order valence-corrected chi connectivity index (χ4v) is 3.63. The number of urea groups is 1. The number of nitrogens with one attached hydrogen (secondary N) is 1. The highest BCUT2D eigenvalue weighted by molar-refractivity contribution is 9.10. The maximum absolute atomic E-state index is 12.5. The number of rotatable bonds is 4. The predicted molar refractivity (Wildman–Crippen MR) is 109 cm³/mol. The molecule has 1 aliphatic rings. The van der Waals surface area contributed by atoms with E-state index in [-0.39, 0.29) is 12.1 Å². The molecule has 0 bridgehead atoms. The van der Waals surface area contributed by atoms with Crippen molar-refractivity contribution in [1.29, 1.82) is 0 Å². The summed E-state index contributed by atoms with van der Waals surface area (Å²) in [5.41, 5.74) is 1.20. The van der Waals surface area contributed by atoms with Gasteiger partial charge in [0.05, 0.1) is 5.02 Å². The molecule has 138 valence electrons. The van der Waals surface area contributed by atoms with Crippen LogP contribution in [0.3, 0.4) is 0 Å². The van der Waals surface area contributed by atoms with E-state index in [1.54, 1.807) is 6.20 Å². The molecule has 1 aliphatic heterocycles. The molecule has 2 heterocycles. The number of carbonyl (C=O) groups excluding carboxylic acids is 1. The van der Waals surface area contributed by atoms with Gasteiger partial charge in [-0.15, -0.1) is 0 Å². The second kappa shape index (κ2) is 8.73. The van der Waals surface area contributed by atoms with Crippen LogP contribution in [0.2, 0.25) is 5.02 Å². The van der Waals surface area contributed by atoms with Crippen LogP contribution in [0, 0.1) is 0 Å². The molecule has 1 N–H and O–H groups in total. The van der Waals surface area contributed by atoms with Gasteiger partial charge in [0.15, 0.2) is 0 Å². The molecule has 0 spiro atoms. The number of benzene rings is 1. The van der Waals surface area contributed by atoms with Gasteiger partial charge in [-0.1, -0.05) is 39.7 Å². The summed E-state index contributed by atoms with van der Waals surface area (Å²) >= 11 is 9.67. The van der Waals surface area contributed by atoms with Crippen molar-refractivity contribution in [2.45, 2.75) is 19.4 Å². The molecule has 0 saturated carbocycles. The molecule has 2 aromatic rings. The molecule has 1 aromatic heterocycles. The number of hydrogen-bond donors (Lipinski definition) is 1. The minimum Gasteiger partial charge on any atom is -0.352 e. The van der Waals surface area contributed by atoms with Gasteiger partial charge in [0, 0.05) is 42.9 Å². The lowest BCUT2D eigenvalue weighted by molar-refractivity contribution is 0.171. The highest BCUT2D eigenvalue weighted by Gasteiger charge is 2.28. The molecule has 1 saturated heterocycles. The zero-order valence-electron chi connectivity index (χ0n) is 14.7. The molecule has 1 atom stereocenters. The third kappa shape index (κ3) is 4.68. The standard InChI is InChI=1S/C19H22BrClN4O/c1-14-13-24(18-17(21)3-2-9-22-18)11-12-25(14)19(26)23-10-8-15-4-6-16(20)7-5-15/h2-7,9,14H,8,10-13H2,1H3,(H,23,26). The Morgan fingerprint density at radius 3 is 2.77 bits per heavy atom. The van der Waals surface area contributed by atoms with E-state index in [2.05, 4.69) is 50.2 Å². The van der Waals surface area contributed by atoms with Crippen LogP contribution < -0.4 is 10.2 Å². The zero-order chi connectivity index (χ0) is 18.5. The first-order valence-electron chi connectivity index (χ1n) is 8.69. The minimum absolute atomic E-state index is 0.0126. The lowest BCUT2D eigenvalue weighted by Crippen LogP contribution is -2.57. The van der Waals surface area contributed by atoms with E-state index in [4.69, 9.17) is 11.6 Å². The van der Waals surface area contributed by atoms with Crippen molar-refractivity contribution >= 4 is 39.4 Å². The normalized spacial score (nSPS) is 17.3. The molecular formula is C19H22BrClN4O. The number of hydrogen-bond acceptors (Lipinski definition) is 3. The summed E-state index contributed by atoms with van der Waals surface area (Å²) in [6, 6.07) is 11.9. The van der Waals surface area contributed by atoms with Gasteiger partial charge < -0.3 is 15.1 Å². The first-order chi connectivity index (χ1) is 12.5. The van der Waals surface area contributed by atoms with Crippen molar-refractivity contribution in [3.8, 4) is 0 Å². The van der Waals surface area contributed by atoms with Crippen LogP contribution in [0.1, 0.15) is 12.5 Å². The van der Waals surface area contributed by atoms with Crippen LogP contribution >= 0.6 is 27.5 Å². The van der Waals surface area contributed by atoms with E-state index >= 15 is 0 Å². The highest BCUT2D eigenvalue weighted by atomic mass is 79.9. The molecule has 1 unspecified atom stereocenters. The average molecular weight is 438 g/mol. The molecule has 3 rings (SSSR count). The second-order valence-corrected chi connectivity index (χ2v) is 7.73. The Morgan fingerprint density at radius 1 is 1.31 bits per heavy atom. The van der Waals surface area contributed by atoms with Crippen molar-refractivity contribution in [3.63, 3.8) is 0 Å². The summed E-state index contributed by atoms with van der Waals surface area (Å²) in [5, 5.41) is 3.67. The van der Waals surface area contributed by atoms with Crippen molar-refractivity contribution in [2.75, 3.05) is 31.1 Å². The number of piperazine rings is 1. The minimum atomic E-state index is -0.0126.